The standard InChI is InChI=1S/C15H13BrClNO2/c1-8-6-13(20-2)10(7-11(8)16)15(19)9-4-3-5-12(18)14(9)17/h3-7H,18H2,1-2H3. The number of hydrogen-bond donors (Lipinski definition) is 1. The molecule has 0 bridgehead atoms. The summed E-state index contributed by atoms with van der Waals surface area (Å²) in [7, 11) is 1.53. The van der Waals surface area contributed by atoms with Gasteiger partial charge < -0.3 is 10.5 Å². The Labute approximate surface area is 130 Å². The summed E-state index contributed by atoms with van der Waals surface area (Å²) in [5.41, 5.74) is 7.90. The van der Waals surface area contributed by atoms with Crippen molar-refractivity contribution in [3.05, 3.63) is 56.5 Å². The zero-order valence-electron chi connectivity index (χ0n) is 11.0. The van der Waals surface area contributed by atoms with E-state index in [1.54, 1.807) is 30.3 Å². The monoisotopic (exact) mass is 353 g/mol. The van der Waals surface area contributed by atoms with Crippen LogP contribution in [0.25, 0.3) is 0 Å². The number of hydrogen-bond acceptors (Lipinski definition) is 3. The van der Waals surface area contributed by atoms with Gasteiger partial charge in [-0.25, -0.2) is 0 Å². The molecule has 0 fully saturated rings. The first-order valence-corrected chi connectivity index (χ1v) is 7.05. The molecule has 0 radical (unpaired) electrons. The van der Waals surface area contributed by atoms with Crippen molar-refractivity contribution in [2.75, 3.05) is 12.8 Å². The first-order chi connectivity index (χ1) is 9.45. The lowest BCUT2D eigenvalue weighted by atomic mass is 10.0. The van der Waals surface area contributed by atoms with Crippen LogP contribution in [-0.4, -0.2) is 12.9 Å². The van der Waals surface area contributed by atoms with Gasteiger partial charge in [0.2, 0.25) is 0 Å². The maximum atomic E-state index is 12.6. The van der Waals surface area contributed by atoms with Crippen LogP contribution >= 0.6 is 27.5 Å². The van der Waals surface area contributed by atoms with Gasteiger partial charge in [-0.1, -0.05) is 33.6 Å². The van der Waals surface area contributed by atoms with Gasteiger partial charge in [0.25, 0.3) is 0 Å². The lowest BCUT2D eigenvalue weighted by Gasteiger charge is -2.11. The maximum Gasteiger partial charge on any atom is 0.198 e. The molecule has 5 heteroatoms. The number of nitrogens with two attached hydrogens (primary N) is 1. The van der Waals surface area contributed by atoms with Crippen LogP contribution in [0.1, 0.15) is 21.5 Å². The summed E-state index contributed by atoms with van der Waals surface area (Å²) >= 11 is 9.52. The van der Waals surface area contributed by atoms with Crippen molar-refractivity contribution in [1.82, 2.24) is 0 Å². The summed E-state index contributed by atoms with van der Waals surface area (Å²) < 4.78 is 6.11. The Morgan fingerprint density at radius 3 is 2.65 bits per heavy atom. The Hall–Kier alpha value is -1.52. The third kappa shape index (κ3) is 2.67. The Kier molecular flexibility index (Phi) is 4.35. The molecule has 20 heavy (non-hydrogen) atoms. The third-order valence-corrected chi connectivity index (χ3v) is 4.27. The summed E-state index contributed by atoms with van der Waals surface area (Å²) in [5, 5.41) is 0.260. The molecule has 2 aromatic rings. The van der Waals surface area contributed by atoms with Crippen LogP contribution in [0.15, 0.2) is 34.8 Å². The second-order valence-corrected chi connectivity index (χ2v) is 5.57. The van der Waals surface area contributed by atoms with E-state index >= 15 is 0 Å². The van der Waals surface area contributed by atoms with Gasteiger partial charge in [-0.3, -0.25) is 4.79 Å². The molecule has 0 aliphatic rings. The molecule has 0 aliphatic heterocycles. The largest absolute Gasteiger partial charge is 0.496 e. The van der Waals surface area contributed by atoms with E-state index in [9.17, 15) is 4.79 Å². The minimum atomic E-state index is -0.222. The Balaban J connectivity index is 2.59. The average molecular weight is 355 g/mol. The number of ketones is 1. The molecule has 0 atom stereocenters. The van der Waals surface area contributed by atoms with E-state index in [0.717, 1.165) is 10.0 Å². The van der Waals surface area contributed by atoms with Crippen LogP contribution in [-0.2, 0) is 0 Å². The van der Waals surface area contributed by atoms with Crippen molar-refractivity contribution in [2.45, 2.75) is 6.92 Å². The lowest BCUT2D eigenvalue weighted by Crippen LogP contribution is -2.06. The zero-order valence-corrected chi connectivity index (χ0v) is 13.4. The highest BCUT2D eigenvalue weighted by atomic mass is 79.9. The molecule has 0 saturated heterocycles. The van der Waals surface area contributed by atoms with Gasteiger partial charge in [0.15, 0.2) is 5.78 Å². The summed E-state index contributed by atoms with van der Waals surface area (Å²) in [6.07, 6.45) is 0. The van der Waals surface area contributed by atoms with Crippen LogP contribution in [0.3, 0.4) is 0 Å². The van der Waals surface area contributed by atoms with Crippen LogP contribution in [0.5, 0.6) is 5.75 Å². The van der Waals surface area contributed by atoms with E-state index in [2.05, 4.69) is 15.9 Å². The topological polar surface area (TPSA) is 52.3 Å². The van der Waals surface area contributed by atoms with Gasteiger partial charge in [0.1, 0.15) is 5.75 Å². The van der Waals surface area contributed by atoms with Gasteiger partial charge in [-0.15, -0.1) is 0 Å². The summed E-state index contributed by atoms with van der Waals surface area (Å²) in [5.74, 6) is 0.286. The minimum Gasteiger partial charge on any atom is -0.496 e. The molecule has 0 aliphatic carbocycles. The molecule has 2 N–H and O–H groups in total. The molecular weight excluding hydrogens is 342 g/mol. The molecule has 0 amide bonds. The summed E-state index contributed by atoms with van der Waals surface area (Å²) in [6.45, 7) is 1.92. The van der Waals surface area contributed by atoms with Crippen LogP contribution < -0.4 is 10.5 Å². The molecule has 0 aromatic heterocycles. The van der Waals surface area contributed by atoms with Crippen molar-refractivity contribution < 1.29 is 9.53 Å². The van der Waals surface area contributed by atoms with Gasteiger partial charge in [-0.05, 0) is 36.8 Å². The smallest absolute Gasteiger partial charge is 0.198 e. The summed E-state index contributed by atoms with van der Waals surface area (Å²) in [4.78, 5) is 12.6. The fourth-order valence-corrected chi connectivity index (χ4v) is 2.43. The number of rotatable bonds is 3. The molecule has 2 aromatic carbocycles. The second-order valence-electron chi connectivity index (χ2n) is 4.34. The van der Waals surface area contributed by atoms with Crippen molar-refractivity contribution in [2.24, 2.45) is 0 Å². The minimum absolute atomic E-state index is 0.222. The van der Waals surface area contributed by atoms with Gasteiger partial charge in [0, 0.05) is 10.0 Å². The van der Waals surface area contributed by atoms with Crippen LogP contribution in [0.4, 0.5) is 5.69 Å². The van der Waals surface area contributed by atoms with E-state index in [4.69, 9.17) is 22.1 Å². The predicted octanol–water partition coefficient (Wildman–Crippen LogP) is 4.23. The zero-order chi connectivity index (χ0) is 14.9. The molecular formula is C15H13BrClNO2. The maximum absolute atomic E-state index is 12.6. The normalized spacial score (nSPS) is 10.4. The Morgan fingerprint density at radius 2 is 2.00 bits per heavy atom. The number of nitrogen functional groups attached to an aromatic ring is 1. The third-order valence-electron chi connectivity index (χ3n) is 3.00. The average Bonchev–Trinajstić information content (AvgIpc) is 2.43. The van der Waals surface area contributed by atoms with Crippen molar-refractivity contribution >= 4 is 39.0 Å². The second kappa shape index (κ2) is 5.85. The van der Waals surface area contributed by atoms with Gasteiger partial charge in [-0.2, -0.15) is 0 Å². The molecule has 3 nitrogen and oxygen atoms in total. The molecule has 0 heterocycles. The number of carbonyl (C=O) groups excluding carboxylic acids is 1. The van der Waals surface area contributed by atoms with E-state index in [0.29, 0.717) is 22.6 Å². The Morgan fingerprint density at radius 1 is 1.30 bits per heavy atom. The highest BCUT2D eigenvalue weighted by Crippen LogP contribution is 2.31. The highest BCUT2D eigenvalue weighted by molar-refractivity contribution is 9.10. The SMILES string of the molecule is COc1cc(C)c(Br)cc1C(=O)c1cccc(N)c1Cl. The number of halogens is 2. The van der Waals surface area contributed by atoms with Crippen LogP contribution in [0, 0.1) is 6.92 Å². The van der Waals surface area contributed by atoms with E-state index in [1.807, 2.05) is 6.92 Å². The quantitative estimate of drug-likeness (QED) is 0.663. The number of carbonyl (C=O) groups is 1. The number of anilines is 1. The number of ether oxygens (including phenoxy) is 1. The first kappa shape index (κ1) is 14.9. The van der Waals surface area contributed by atoms with Crippen molar-refractivity contribution in [3.8, 4) is 5.75 Å². The lowest BCUT2D eigenvalue weighted by molar-refractivity contribution is 0.103. The Bertz CT molecular complexity index is 686. The first-order valence-electron chi connectivity index (χ1n) is 5.88. The molecule has 0 unspecified atom stereocenters. The molecule has 0 saturated carbocycles. The van der Waals surface area contributed by atoms with Gasteiger partial charge >= 0.3 is 0 Å². The highest BCUT2D eigenvalue weighted by Gasteiger charge is 2.19. The van der Waals surface area contributed by atoms with E-state index < -0.39 is 0 Å². The number of benzene rings is 2. The fraction of sp³-hybridized carbons (Fsp3) is 0.133. The fourth-order valence-electron chi connectivity index (χ4n) is 1.87. The van der Waals surface area contributed by atoms with Crippen molar-refractivity contribution in [3.63, 3.8) is 0 Å². The van der Waals surface area contributed by atoms with E-state index in [1.165, 1.54) is 7.11 Å². The molecule has 0 spiro atoms. The number of aryl methyl sites for hydroxylation is 1. The van der Waals surface area contributed by atoms with Crippen molar-refractivity contribution in [1.29, 1.82) is 0 Å². The van der Waals surface area contributed by atoms with Gasteiger partial charge in [0.05, 0.1) is 23.4 Å². The molecule has 2 rings (SSSR count). The van der Waals surface area contributed by atoms with E-state index in [-0.39, 0.29) is 10.8 Å². The molecule has 104 valence electrons. The van der Waals surface area contributed by atoms with Crippen LogP contribution in [0.2, 0.25) is 5.02 Å². The summed E-state index contributed by atoms with van der Waals surface area (Å²) in [6, 6.07) is 8.54. The predicted molar refractivity (Wildman–Crippen MR) is 84.7 cm³/mol. The number of methoxy groups -OCH3 is 1.